The molecule has 0 saturated carbocycles. The molecule has 6 nitrogen and oxygen atoms in total. The molecule has 1 aromatic heterocycles. The van der Waals surface area contributed by atoms with Gasteiger partial charge in [0.25, 0.3) is 5.91 Å². The predicted octanol–water partition coefficient (Wildman–Crippen LogP) is 6.40. The summed E-state index contributed by atoms with van der Waals surface area (Å²) in [6, 6.07) is 20.6. The molecule has 1 amide bonds. The van der Waals surface area contributed by atoms with E-state index in [-0.39, 0.29) is 5.91 Å². The van der Waals surface area contributed by atoms with E-state index >= 15 is 0 Å². The van der Waals surface area contributed by atoms with Gasteiger partial charge in [-0.1, -0.05) is 38.1 Å². The van der Waals surface area contributed by atoms with Gasteiger partial charge in [-0.2, -0.15) is 0 Å². The SMILES string of the molecule is COc1ccc(-c2cnc(-c3ccccc3C(=O)Nc3ccc(C(C)C)cc3)o2)c(OC)c1. The molecule has 4 aromatic rings. The van der Waals surface area contributed by atoms with Gasteiger partial charge in [-0.25, -0.2) is 4.98 Å². The minimum atomic E-state index is -0.232. The van der Waals surface area contributed by atoms with Crippen molar-refractivity contribution in [2.45, 2.75) is 19.8 Å². The van der Waals surface area contributed by atoms with Crippen LogP contribution in [0.2, 0.25) is 0 Å². The number of anilines is 1. The monoisotopic (exact) mass is 442 g/mol. The molecule has 0 aliphatic heterocycles. The first-order valence-corrected chi connectivity index (χ1v) is 10.7. The number of hydrogen-bond acceptors (Lipinski definition) is 5. The molecule has 0 aliphatic rings. The van der Waals surface area contributed by atoms with Crippen molar-refractivity contribution in [1.29, 1.82) is 0 Å². The van der Waals surface area contributed by atoms with Crippen LogP contribution in [0.3, 0.4) is 0 Å². The zero-order valence-electron chi connectivity index (χ0n) is 19.1. The molecule has 33 heavy (non-hydrogen) atoms. The van der Waals surface area contributed by atoms with Crippen molar-refractivity contribution in [3.63, 3.8) is 0 Å². The van der Waals surface area contributed by atoms with Crippen molar-refractivity contribution in [3.05, 3.63) is 84.1 Å². The van der Waals surface area contributed by atoms with E-state index in [1.165, 1.54) is 5.56 Å². The average Bonchev–Trinajstić information content (AvgIpc) is 3.34. The van der Waals surface area contributed by atoms with Gasteiger partial charge in [0, 0.05) is 17.3 Å². The highest BCUT2D eigenvalue weighted by molar-refractivity contribution is 6.08. The lowest BCUT2D eigenvalue weighted by Crippen LogP contribution is -2.13. The minimum Gasteiger partial charge on any atom is -0.497 e. The lowest BCUT2D eigenvalue weighted by atomic mass is 10.0. The second-order valence-corrected chi connectivity index (χ2v) is 7.87. The van der Waals surface area contributed by atoms with E-state index in [0.29, 0.717) is 40.2 Å². The third-order valence-corrected chi connectivity index (χ3v) is 5.42. The topological polar surface area (TPSA) is 73.6 Å². The van der Waals surface area contributed by atoms with Crippen LogP contribution in [-0.4, -0.2) is 25.1 Å². The van der Waals surface area contributed by atoms with Crippen LogP contribution in [0.1, 0.15) is 35.7 Å². The van der Waals surface area contributed by atoms with Gasteiger partial charge in [0.1, 0.15) is 11.5 Å². The second-order valence-electron chi connectivity index (χ2n) is 7.87. The van der Waals surface area contributed by atoms with Gasteiger partial charge in [-0.15, -0.1) is 0 Å². The van der Waals surface area contributed by atoms with Crippen molar-refractivity contribution in [3.8, 4) is 34.3 Å². The van der Waals surface area contributed by atoms with Crippen molar-refractivity contribution in [1.82, 2.24) is 4.98 Å². The minimum absolute atomic E-state index is 0.232. The van der Waals surface area contributed by atoms with Crippen LogP contribution >= 0.6 is 0 Å². The highest BCUT2D eigenvalue weighted by atomic mass is 16.5. The number of carbonyl (C=O) groups is 1. The number of amides is 1. The molecular formula is C27H26N2O4. The summed E-state index contributed by atoms with van der Waals surface area (Å²) in [4.78, 5) is 17.5. The fourth-order valence-electron chi connectivity index (χ4n) is 3.54. The number of nitrogens with one attached hydrogen (secondary N) is 1. The maximum atomic E-state index is 13.1. The lowest BCUT2D eigenvalue weighted by molar-refractivity contribution is 0.102. The van der Waals surface area contributed by atoms with Gasteiger partial charge in [0.2, 0.25) is 5.89 Å². The highest BCUT2D eigenvalue weighted by Gasteiger charge is 2.19. The van der Waals surface area contributed by atoms with Gasteiger partial charge >= 0.3 is 0 Å². The molecule has 0 radical (unpaired) electrons. The van der Waals surface area contributed by atoms with Crippen LogP contribution in [0.25, 0.3) is 22.8 Å². The van der Waals surface area contributed by atoms with Gasteiger partial charge in [-0.3, -0.25) is 4.79 Å². The molecule has 0 atom stereocenters. The molecule has 3 aromatic carbocycles. The molecule has 0 saturated heterocycles. The zero-order valence-corrected chi connectivity index (χ0v) is 19.1. The summed E-state index contributed by atoms with van der Waals surface area (Å²) in [5, 5.41) is 2.96. The Balaban J connectivity index is 1.62. The van der Waals surface area contributed by atoms with Crippen molar-refractivity contribution < 1.29 is 18.7 Å². The normalized spacial score (nSPS) is 10.8. The number of carbonyl (C=O) groups excluding carboxylic acids is 1. The number of oxazole rings is 1. The van der Waals surface area contributed by atoms with E-state index in [4.69, 9.17) is 13.9 Å². The first-order valence-electron chi connectivity index (χ1n) is 10.7. The fraction of sp³-hybridized carbons (Fsp3) is 0.185. The highest BCUT2D eigenvalue weighted by Crippen LogP contribution is 2.36. The summed E-state index contributed by atoms with van der Waals surface area (Å²) in [5.41, 5.74) is 3.77. The van der Waals surface area contributed by atoms with Crippen LogP contribution in [0.4, 0.5) is 5.69 Å². The molecule has 6 heteroatoms. The first kappa shape index (κ1) is 22.1. The number of aromatic nitrogens is 1. The Morgan fingerprint density at radius 3 is 2.39 bits per heavy atom. The molecule has 1 heterocycles. The van der Waals surface area contributed by atoms with Gasteiger partial charge < -0.3 is 19.2 Å². The van der Waals surface area contributed by atoms with E-state index in [9.17, 15) is 4.79 Å². The third kappa shape index (κ3) is 4.75. The molecule has 0 unspecified atom stereocenters. The molecular weight excluding hydrogens is 416 g/mol. The summed E-state index contributed by atoms with van der Waals surface area (Å²) in [5.74, 6) is 2.36. The molecule has 4 rings (SSSR count). The van der Waals surface area contributed by atoms with Crippen LogP contribution in [-0.2, 0) is 0 Å². The standard InChI is InChI=1S/C27H26N2O4/c1-17(2)18-9-11-19(12-10-18)29-26(30)21-7-5-6-8-22(21)27-28-16-25(33-27)23-14-13-20(31-3)15-24(23)32-4/h5-17H,1-4H3,(H,29,30). The second kappa shape index (κ2) is 9.61. The summed E-state index contributed by atoms with van der Waals surface area (Å²) in [6.07, 6.45) is 1.62. The number of nitrogens with zero attached hydrogens (tertiary/aromatic N) is 1. The van der Waals surface area contributed by atoms with E-state index < -0.39 is 0 Å². The van der Waals surface area contributed by atoms with Gasteiger partial charge in [-0.05, 0) is 47.9 Å². The Kier molecular flexibility index (Phi) is 6.45. The summed E-state index contributed by atoms with van der Waals surface area (Å²) in [6.45, 7) is 4.27. The number of hydrogen-bond donors (Lipinski definition) is 1. The lowest BCUT2D eigenvalue weighted by Gasteiger charge is -2.10. The van der Waals surface area contributed by atoms with E-state index in [1.807, 2.05) is 54.6 Å². The predicted molar refractivity (Wildman–Crippen MR) is 129 cm³/mol. The number of rotatable bonds is 7. The van der Waals surface area contributed by atoms with E-state index in [1.54, 1.807) is 32.5 Å². The number of ether oxygens (including phenoxy) is 2. The van der Waals surface area contributed by atoms with Gasteiger partial charge in [0.15, 0.2) is 5.76 Å². The Labute approximate surface area is 193 Å². The summed E-state index contributed by atoms with van der Waals surface area (Å²) < 4.78 is 16.8. The Hall–Kier alpha value is -4.06. The molecule has 0 aliphatic carbocycles. The number of methoxy groups -OCH3 is 2. The summed E-state index contributed by atoms with van der Waals surface area (Å²) >= 11 is 0. The maximum absolute atomic E-state index is 13.1. The van der Waals surface area contributed by atoms with Crippen molar-refractivity contribution >= 4 is 11.6 Å². The fourth-order valence-corrected chi connectivity index (χ4v) is 3.54. The van der Waals surface area contributed by atoms with Crippen molar-refractivity contribution in [2.24, 2.45) is 0 Å². The molecule has 0 spiro atoms. The van der Waals surface area contributed by atoms with Crippen LogP contribution in [0, 0.1) is 0 Å². The van der Waals surface area contributed by atoms with Crippen molar-refractivity contribution in [2.75, 3.05) is 19.5 Å². The smallest absolute Gasteiger partial charge is 0.256 e. The molecule has 168 valence electrons. The number of benzene rings is 3. The largest absolute Gasteiger partial charge is 0.497 e. The first-order chi connectivity index (χ1) is 16.0. The van der Waals surface area contributed by atoms with Gasteiger partial charge in [0.05, 0.1) is 31.5 Å². The van der Waals surface area contributed by atoms with E-state index in [0.717, 1.165) is 11.3 Å². The Bertz CT molecular complexity index is 1260. The summed E-state index contributed by atoms with van der Waals surface area (Å²) in [7, 11) is 3.19. The quantitative estimate of drug-likeness (QED) is 0.358. The Morgan fingerprint density at radius 1 is 0.939 bits per heavy atom. The zero-order chi connectivity index (χ0) is 23.4. The molecule has 0 bridgehead atoms. The average molecular weight is 443 g/mol. The van der Waals surface area contributed by atoms with Crippen LogP contribution in [0.5, 0.6) is 11.5 Å². The van der Waals surface area contributed by atoms with E-state index in [2.05, 4.69) is 24.1 Å². The maximum Gasteiger partial charge on any atom is 0.256 e. The Morgan fingerprint density at radius 2 is 1.70 bits per heavy atom. The van der Waals surface area contributed by atoms with Crippen LogP contribution in [0.15, 0.2) is 77.3 Å². The third-order valence-electron chi connectivity index (χ3n) is 5.42. The molecule has 1 N–H and O–H groups in total. The van der Waals surface area contributed by atoms with Crippen LogP contribution < -0.4 is 14.8 Å². The molecule has 0 fully saturated rings.